The van der Waals surface area contributed by atoms with Gasteiger partial charge in [0.15, 0.2) is 0 Å². The number of nitrogen functional groups attached to an aromatic ring is 2. The van der Waals surface area contributed by atoms with Crippen LogP contribution in [0.3, 0.4) is 0 Å². The molecule has 1 saturated carbocycles. The van der Waals surface area contributed by atoms with Gasteiger partial charge in [-0.05, 0) is 25.2 Å². The maximum absolute atomic E-state index is 12.6. The first kappa shape index (κ1) is 11.8. The summed E-state index contributed by atoms with van der Waals surface area (Å²) in [5.41, 5.74) is 11.1. The van der Waals surface area contributed by atoms with Gasteiger partial charge in [0.1, 0.15) is 17.1 Å². The predicted molar refractivity (Wildman–Crippen MR) is 70.8 cm³/mol. The molecule has 0 bridgehead atoms. The first-order valence-corrected chi connectivity index (χ1v) is 6.33. The molecule has 4 N–H and O–H groups in total. The standard InChI is InChI=1S/C13H15N5O/c14-7-13(8-1-2-8)3-4-18(12(13)19)9-5-10(15)17-11(16)6-9/h5-6,8H,1-4H2,(H4,15,16,17)/t13-/m1/s1. The molecule has 6 heteroatoms. The minimum Gasteiger partial charge on any atom is -0.384 e. The number of anilines is 3. The average molecular weight is 257 g/mol. The molecule has 1 aliphatic heterocycles. The van der Waals surface area contributed by atoms with Crippen LogP contribution in [-0.2, 0) is 4.79 Å². The van der Waals surface area contributed by atoms with E-state index >= 15 is 0 Å². The van der Waals surface area contributed by atoms with Crippen LogP contribution < -0.4 is 16.4 Å². The van der Waals surface area contributed by atoms with Crippen molar-refractivity contribution in [1.82, 2.24) is 4.98 Å². The molecule has 0 radical (unpaired) electrons. The highest BCUT2D eigenvalue weighted by atomic mass is 16.2. The fourth-order valence-corrected chi connectivity index (χ4v) is 2.85. The van der Waals surface area contributed by atoms with E-state index in [1.54, 1.807) is 17.0 Å². The number of nitrogens with zero attached hydrogens (tertiary/aromatic N) is 3. The number of pyridine rings is 1. The van der Waals surface area contributed by atoms with Gasteiger partial charge in [-0.2, -0.15) is 5.26 Å². The van der Waals surface area contributed by atoms with Crippen molar-refractivity contribution in [3.05, 3.63) is 12.1 Å². The smallest absolute Gasteiger partial charge is 0.247 e. The molecule has 1 aromatic rings. The highest BCUT2D eigenvalue weighted by Crippen LogP contribution is 2.51. The molecule has 0 unspecified atom stereocenters. The molecule has 0 spiro atoms. The zero-order valence-corrected chi connectivity index (χ0v) is 10.5. The Labute approximate surface area is 111 Å². The molecule has 1 aromatic heterocycles. The molecule has 1 amide bonds. The minimum absolute atomic E-state index is 0.123. The second-order valence-corrected chi connectivity index (χ2v) is 5.24. The van der Waals surface area contributed by atoms with Crippen molar-refractivity contribution in [3.8, 4) is 6.07 Å². The Morgan fingerprint density at radius 3 is 2.53 bits per heavy atom. The third-order valence-electron chi connectivity index (χ3n) is 3.99. The van der Waals surface area contributed by atoms with Crippen molar-refractivity contribution < 1.29 is 4.79 Å². The Hall–Kier alpha value is -2.29. The van der Waals surface area contributed by atoms with E-state index < -0.39 is 5.41 Å². The van der Waals surface area contributed by atoms with Crippen LogP contribution in [0.25, 0.3) is 0 Å². The summed E-state index contributed by atoms with van der Waals surface area (Å²) in [4.78, 5) is 18.1. The van der Waals surface area contributed by atoms with E-state index in [0.717, 1.165) is 12.8 Å². The van der Waals surface area contributed by atoms with Gasteiger partial charge in [0, 0.05) is 18.7 Å². The quantitative estimate of drug-likeness (QED) is 0.818. The summed E-state index contributed by atoms with van der Waals surface area (Å²) in [6.45, 7) is 0.534. The third kappa shape index (κ3) is 1.70. The third-order valence-corrected chi connectivity index (χ3v) is 3.99. The van der Waals surface area contributed by atoms with Crippen LogP contribution in [0.1, 0.15) is 19.3 Å². The van der Waals surface area contributed by atoms with Crippen molar-refractivity contribution in [3.63, 3.8) is 0 Å². The minimum atomic E-state index is -0.840. The van der Waals surface area contributed by atoms with E-state index in [0.29, 0.717) is 18.7 Å². The first-order valence-electron chi connectivity index (χ1n) is 6.33. The zero-order valence-electron chi connectivity index (χ0n) is 10.5. The topological polar surface area (TPSA) is 109 Å². The van der Waals surface area contributed by atoms with Crippen molar-refractivity contribution in [2.45, 2.75) is 19.3 Å². The summed E-state index contributed by atoms with van der Waals surface area (Å²) in [5, 5.41) is 9.41. The van der Waals surface area contributed by atoms with Gasteiger partial charge in [-0.15, -0.1) is 0 Å². The lowest BCUT2D eigenvalue weighted by Gasteiger charge is -2.21. The number of carbonyl (C=O) groups excluding carboxylic acids is 1. The van der Waals surface area contributed by atoms with Crippen LogP contribution in [0.5, 0.6) is 0 Å². The molecule has 2 heterocycles. The normalized spacial score (nSPS) is 26.5. The van der Waals surface area contributed by atoms with Gasteiger partial charge in [0.25, 0.3) is 0 Å². The number of aromatic nitrogens is 1. The van der Waals surface area contributed by atoms with E-state index in [9.17, 15) is 10.1 Å². The van der Waals surface area contributed by atoms with Crippen molar-refractivity contribution >= 4 is 23.2 Å². The Morgan fingerprint density at radius 2 is 2.00 bits per heavy atom. The van der Waals surface area contributed by atoms with Crippen LogP contribution in [0, 0.1) is 22.7 Å². The van der Waals surface area contributed by atoms with Gasteiger partial charge in [-0.3, -0.25) is 4.79 Å². The number of amides is 1. The number of carbonyl (C=O) groups is 1. The molecule has 0 aromatic carbocycles. The van der Waals surface area contributed by atoms with Gasteiger partial charge in [-0.25, -0.2) is 4.98 Å². The summed E-state index contributed by atoms with van der Waals surface area (Å²) in [5.74, 6) is 0.654. The van der Waals surface area contributed by atoms with Gasteiger partial charge in [0.2, 0.25) is 5.91 Å². The van der Waals surface area contributed by atoms with Crippen molar-refractivity contribution in [1.29, 1.82) is 5.26 Å². The molecule has 98 valence electrons. The molecule has 19 heavy (non-hydrogen) atoms. The van der Waals surface area contributed by atoms with Crippen LogP contribution in [0.15, 0.2) is 12.1 Å². The molecule has 6 nitrogen and oxygen atoms in total. The molecular formula is C13H15N5O. The Balaban J connectivity index is 1.96. The summed E-state index contributed by atoms with van der Waals surface area (Å²) in [6.07, 6.45) is 2.51. The fourth-order valence-electron chi connectivity index (χ4n) is 2.85. The lowest BCUT2D eigenvalue weighted by Crippen LogP contribution is -2.35. The van der Waals surface area contributed by atoms with Gasteiger partial charge >= 0.3 is 0 Å². The Kier molecular flexibility index (Phi) is 2.39. The van der Waals surface area contributed by atoms with Crippen molar-refractivity contribution in [2.24, 2.45) is 11.3 Å². The predicted octanol–water partition coefficient (Wildman–Crippen LogP) is 0.903. The number of hydrogen-bond donors (Lipinski definition) is 2. The van der Waals surface area contributed by atoms with Gasteiger partial charge in [0.05, 0.1) is 11.8 Å². The second-order valence-electron chi connectivity index (χ2n) is 5.24. The lowest BCUT2D eigenvalue weighted by atomic mass is 9.83. The highest BCUT2D eigenvalue weighted by molar-refractivity contribution is 6.02. The summed E-state index contributed by atoms with van der Waals surface area (Å²) in [7, 11) is 0. The largest absolute Gasteiger partial charge is 0.384 e. The monoisotopic (exact) mass is 257 g/mol. The van der Waals surface area contributed by atoms with Crippen LogP contribution in [0.4, 0.5) is 17.3 Å². The number of hydrogen-bond acceptors (Lipinski definition) is 5. The molecule has 1 saturated heterocycles. The SMILES string of the molecule is N#C[C@@]1(C2CC2)CCN(c2cc(N)nc(N)c2)C1=O. The molecule has 2 aliphatic rings. The van der Waals surface area contributed by atoms with Crippen LogP contribution in [0.2, 0.25) is 0 Å². The number of rotatable bonds is 2. The molecule has 2 fully saturated rings. The van der Waals surface area contributed by atoms with E-state index in [2.05, 4.69) is 11.1 Å². The van der Waals surface area contributed by atoms with E-state index in [1.807, 2.05) is 0 Å². The maximum Gasteiger partial charge on any atom is 0.247 e. The van der Waals surface area contributed by atoms with Crippen LogP contribution in [-0.4, -0.2) is 17.4 Å². The second kappa shape index (κ2) is 3.85. The van der Waals surface area contributed by atoms with Crippen molar-refractivity contribution in [2.75, 3.05) is 22.9 Å². The maximum atomic E-state index is 12.6. The van der Waals surface area contributed by atoms with Crippen LogP contribution >= 0.6 is 0 Å². The average Bonchev–Trinajstić information content (AvgIpc) is 3.14. The van der Waals surface area contributed by atoms with E-state index in [-0.39, 0.29) is 23.5 Å². The Morgan fingerprint density at radius 1 is 1.37 bits per heavy atom. The van der Waals surface area contributed by atoms with Gasteiger partial charge < -0.3 is 16.4 Å². The summed E-state index contributed by atoms with van der Waals surface area (Å²) in [6, 6.07) is 5.49. The fraction of sp³-hybridized carbons (Fsp3) is 0.462. The van der Waals surface area contributed by atoms with E-state index in [1.165, 1.54) is 0 Å². The summed E-state index contributed by atoms with van der Waals surface area (Å²) < 4.78 is 0. The van der Waals surface area contributed by atoms with E-state index in [4.69, 9.17) is 11.5 Å². The summed E-state index contributed by atoms with van der Waals surface area (Å²) >= 11 is 0. The lowest BCUT2D eigenvalue weighted by molar-refractivity contribution is -0.123. The molecular weight excluding hydrogens is 242 g/mol. The van der Waals surface area contributed by atoms with Gasteiger partial charge in [-0.1, -0.05) is 0 Å². The number of nitriles is 1. The molecule has 3 rings (SSSR count). The zero-order chi connectivity index (χ0) is 13.6. The first-order chi connectivity index (χ1) is 9.06. The number of nitrogens with two attached hydrogens (primary N) is 2. The molecule has 1 aliphatic carbocycles. The molecule has 1 atom stereocenters. The Bertz CT molecular complexity index is 569. The highest BCUT2D eigenvalue weighted by Gasteiger charge is 2.56.